The first kappa shape index (κ1) is 66.4. The van der Waals surface area contributed by atoms with Gasteiger partial charge in [-0.25, -0.2) is 0 Å². The third-order valence-corrected chi connectivity index (χ3v) is 21.6. The van der Waals surface area contributed by atoms with Crippen molar-refractivity contribution in [2.75, 3.05) is 39.6 Å². The molecule has 490 valence electrons. The second-order valence-corrected chi connectivity index (χ2v) is 26.5. The zero-order chi connectivity index (χ0) is 61.3. The first-order chi connectivity index (χ1) is 40.4. The summed E-state index contributed by atoms with van der Waals surface area (Å²) in [5.74, 6) is 3.11. The standard InChI is InChI=1S/C57H94O28/c1-21(20-75-51-44(71)40(67)36(63)30(15-58)78-51)5-8-28-22(2)35-29(77-28)14-27-25-7-6-23-13-24(9-11-56(23,3)26(25)10-12-57(27,35)4)76-52-47(74)43(70)48(34(19-62)82-52)83-55-50(85-54-46(73)42(69)38(65)32(17-60)80-54)49(39(66)33(18-61)81-55)84-53-45(72)41(68)37(64)31(16-59)79-53/h21,23-27,29-55,58-74H,5-20H2,1-4H3/t21-,23-,24-,25+,26-,27-,29-,30+,31+,32+,33+,34+,35-,36+,37+,38+,39+,40-,41-,42-,43+,44+,45+,46+,47+,48-,49-,50+,51+,52+,53-,54-,55-,56-,57-/m0/s1. The van der Waals surface area contributed by atoms with Crippen molar-refractivity contribution in [2.45, 2.75) is 258 Å². The summed E-state index contributed by atoms with van der Waals surface area (Å²) in [7, 11) is 0. The maximum absolute atomic E-state index is 11.9. The first-order valence-electron chi connectivity index (χ1n) is 30.5. The molecule has 4 saturated carbocycles. The second kappa shape index (κ2) is 27.0. The van der Waals surface area contributed by atoms with Gasteiger partial charge in [0.05, 0.1) is 51.5 Å². The number of hydrogen-bond donors (Lipinski definition) is 17. The van der Waals surface area contributed by atoms with Crippen molar-refractivity contribution in [2.24, 2.45) is 46.3 Å². The van der Waals surface area contributed by atoms with Crippen LogP contribution in [-0.4, -0.2) is 292 Å². The van der Waals surface area contributed by atoms with Gasteiger partial charge < -0.3 is 139 Å². The molecule has 28 heteroatoms. The molecular weight excluding hydrogens is 1130 g/mol. The number of allylic oxidation sites excluding steroid dienone is 1. The molecule has 0 spiro atoms. The van der Waals surface area contributed by atoms with E-state index in [0.717, 1.165) is 57.1 Å². The molecule has 9 fully saturated rings. The predicted octanol–water partition coefficient (Wildman–Crippen LogP) is -5.18. The summed E-state index contributed by atoms with van der Waals surface area (Å²) in [6, 6.07) is 0. The van der Waals surface area contributed by atoms with Gasteiger partial charge in [0.15, 0.2) is 31.5 Å². The number of aliphatic hydroxyl groups is 17. The monoisotopic (exact) mass is 1230 g/mol. The summed E-state index contributed by atoms with van der Waals surface area (Å²) < 4.78 is 66.3. The van der Waals surface area contributed by atoms with Crippen molar-refractivity contribution in [3.05, 3.63) is 11.3 Å². The van der Waals surface area contributed by atoms with Crippen LogP contribution in [-0.2, 0) is 52.1 Å². The lowest BCUT2D eigenvalue weighted by molar-refractivity contribution is -0.406. The molecule has 28 nitrogen and oxygen atoms in total. The van der Waals surface area contributed by atoms with E-state index in [1.807, 2.05) is 6.92 Å². The normalized spacial score (nSPS) is 53.1. The van der Waals surface area contributed by atoms with Crippen molar-refractivity contribution < 1.29 is 139 Å². The molecule has 0 aromatic carbocycles. The summed E-state index contributed by atoms with van der Waals surface area (Å²) in [6.07, 6.45) is -34.5. The Hall–Kier alpha value is -1.54. The fraction of sp³-hybridized carbons (Fsp3) is 0.965. The molecule has 17 N–H and O–H groups in total. The molecule has 4 aliphatic carbocycles. The van der Waals surface area contributed by atoms with Gasteiger partial charge in [0.2, 0.25) is 0 Å². The van der Waals surface area contributed by atoms with Crippen LogP contribution in [0.1, 0.15) is 91.9 Å². The van der Waals surface area contributed by atoms with Crippen molar-refractivity contribution >= 4 is 0 Å². The fourth-order valence-corrected chi connectivity index (χ4v) is 16.6. The van der Waals surface area contributed by atoms with Crippen LogP contribution in [0.15, 0.2) is 11.3 Å². The Kier molecular flexibility index (Phi) is 21.1. The molecule has 6 aliphatic heterocycles. The van der Waals surface area contributed by atoms with E-state index in [-0.39, 0.29) is 35.4 Å². The van der Waals surface area contributed by atoms with E-state index in [1.54, 1.807) is 0 Å². The van der Waals surface area contributed by atoms with Crippen LogP contribution in [0.5, 0.6) is 0 Å². The Morgan fingerprint density at radius 3 is 1.54 bits per heavy atom. The van der Waals surface area contributed by atoms with Gasteiger partial charge >= 0.3 is 0 Å². The minimum atomic E-state index is -2.06. The number of aliphatic hydroxyl groups excluding tert-OH is 17. The summed E-state index contributed by atoms with van der Waals surface area (Å²) in [5.41, 5.74) is 1.37. The summed E-state index contributed by atoms with van der Waals surface area (Å²) in [6.45, 7) is 5.32. The molecule has 35 atom stereocenters. The highest BCUT2D eigenvalue weighted by molar-refractivity contribution is 5.27. The van der Waals surface area contributed by atoms with Gasteiger partial charge in [0, 0.05) is 12.3 Å². The minimum absolute atomic E-state index is 0.00321. The van der Waals surface area contributed by atoms with Gasteiger partial charge in [-0.05, 0) is 111 Å². The third kappa shape index (κ3) is 12.4. The van der Waals surface area contributed by atoms with Gasteiger partial charge in [-0.15, -0.1) is 0 Å². The zero-order valence-electron chi connectivity index (χ0n) is 48.5. The fourth-order valence-electron chi connectivity index (χ4n) is 16.6. The average molecular weight is 1230 g/mol. The van der Waals surface area contributed by atoms with E-state index in [2.05, 4.69) is 20.8 Å². The SMILES string of the molecule is CC1=C(CC[C@H](C)CO[C@@H]2O[C@H](CO)[C@@H](O)[C@H](O)[C@H]2O)O[C@H]2C[C@H]3[C@@H]4CC[C@H]5C[C@@H](O[C@@H]6O[C@H](CO)[C@H](O[C@@H]7O[C@H](CO)[C@@H](O)[C@H](O[C@@H]8O[C@H](CO)[C@@H](O)[C@H](O)[C@H]8O)[C@H]7O[C@@H]7O[C@H](CO)[C@@H](O)[C@H](O)[C@H]7O)[C@H](O)[C@H]6O)CC[C@]5(C)[C@H]4CC[C@]3(C)[C@@H]12. The van der Waals surface area contributed by atoms with Crippen LogP contribution >= 0.6 is 0 Å². The average Bonchev–Trinajstić information content (AvgIpc) is 1.64. The van der Waals surface area contributed by atoms with Crippen molar-refractivity contribution in [3.8, 4) is 0 Å². The predicted molar refractivity (Wildman–Crippen MR) is 283 cm³/mol. The van der Waals surface area contributed by atoms with E-state index >= 15 is 0 Å². The van der Waals surface area contributed by atoms with Gasteiger partial charge in [-0.1, -0.05) is 20.8 Å². The van der Waals surface area contributed by atoms with Crippen molar-refractivity contribution in [1.82, 2.24) is 0 Å². The van der Waals surface area contributed by atoms with E-state index in [1.165, 1.54) is 5.57 Å². The van der Waals surface area contributed by atoms with Crippen molar-refractivity contribution in [1.29, 1.82) is 0 Å². The number of ether oxygens (including phenoxy) is 11. The molecule has 10 rings (SSSR count). The Morgan fingerprint density at radius 2 is 0.953 bits per heavy atom. The Labute approximate surface area is 492 Å². The van der Waals surface area contributed by atoms with E-state index < -0.39 is 193 Å². The highest BCUT2D eigenvalue weighted by atomic mass is 16.8. The molecule has 0 bridgehead atoms. The van der Waals surface area contributed by atoms with Crippen LogP contribution in [0.4, 0.5) is 0 Å². The Balaban J connectivity index is 0.769. The van der Waals surface area contributed by atoms with Crippen LogP contribution in [0.2, 0.25) is 0 Å². The largest absolute Gasteiger partial charge is 0.494 e. The van der Waals surface area contributed by atoms with Crippen LogP contribution in [0, 0.1) is 46.3 Å². The summed E-state index contributed by atoms with van der Waals surface area (Å²) in [4.78, 5) is 0. The molecule has 0 radical (unpaired) electrons. The molecular formula is C57H94O28. The maximum atomic E-state index is 11.9. The molecule has 0 unspecified atom stereocenters. The van der Waals surface area contributed by atoms with Gasteiger partial charge in [-0.3, -0.25) is 0 Å². The molecule has 10 aliphatic rings. The highest BCUT2D eigenvalue weighted by Gasteiger charge is 2.65. The molecule has 0 aromatic heterocycles. The second-order valence-electron chi connectivity index (χ2n) is 26.5. The topological polar surface area (TPSA) is 445 Å². The van der Waals surface area contributed by atoms with Crippen LogP contribution < -0.4 is 0 Å². The highest BCUT2D eigenvalue weighted by Crippen LogP contribution is 2.70. The number of hydrogen-bond acceptors (Lipinski definition) is 28. The van der Waals surface area contributed by atoms with Gasteiger partial charge in [-0.2, -0.15) is 0 Å². The molecule has 85 heavy (non-hydrogen) atoms. The summed E-state index contributed by atoms with van der Waals surface area (Å²) >= 11 is 0. The van der Waals surface area contributed by atoms with E-state index in [0.29, 0.717) is 36.5 Å². The quantitative estimate of drug-likeness (QED) is 0.0538. The third-order valence-electron chi connectivity index (χ3n) is 21.6. The van der Waals surface area contributed by atoms with Crippen LogP contribution in [0.25, 0.3) is 0 Å². The molecule has 6 heterocycles. The number of fused-ring (bicyclic) bond motifs is 7. The van der Waals surface area contributed by atoms with E-state index in [9.17, 15) is 86.8 Å². The van der Waals surface area contributed by atoms with Crippen molar-refractivity contribution in [3.63, 3.8) is 0 Å². The Bertz CT molecular complexity index is 2210. The van der Waals surface area contributed by atoms with Gasteiger partial charge in [0.1, 0.15) is 128 Å². The lowest BCUT2D eigenvalue weighted by atomic mass is 9.44. The number of rotatable bonds is 19. The molecule has 5 saturated heterocycles. The summed E-state index contributed by atoms with van der Waals surface area (Å²) in [5, 5.41) is 181. The maximum Gasteiger partial charge on any atom is 0.187 e. The zero-order valence-corrected chi connectivity index (χ0v) is 48.5. The van der Waals surface area contributed by atoms with Crippen LogP contribution in [0.3, 0.4) is 0 Å². The van der Waals surface area contributed by atoms with E-state index in [4.69, 9.17) is 52.1 Å². The lowest BCUT2D eigenvalue weighted by Crippen LogP contribution is -2.68. The lowest BCUT2D eigenvalue weighted by Gasteiger charge is -2.61. The van der Waals surface area contributed by atoms with Gasteiger partial charge in [0.25, 0.3) is 0 Å². The Morgan fingerprint density at radius 1 is 0.471 bits per heavy atom. The minimum Gasteiger partial charge on any atom is -0.494 e. The molecule has 0 aromatic rings. The first-order valence-corrected chi connectivity index (χ1v) is 30.5. The smallest absolute Gasteiger partial charge is 0.187 e. The molecule has 0 amide bonds.